The Balaban J connectivity index is 2.74. The molecule has 4 nitrogen and oxygen atoms in total. The molecule has 18 heavy (non-hydrogen) atoms. The number of amides is 1. The zero-order chi connectivity index (χ0) is 13.7. The van der Waals surface area contributed by atoms with Crippen molar-refractivity contribution in [3.05, 3.63) is 34.9 Å². The van der Waals surface area contributed by atoms with Crippen LogP contribution in [0.25, 0.3) is 0 Å². The smallest absolute Gasteiger partial charge is 0.310 e. The molecule has 0 aromatic heterocycles. The van der Waals surface area contributed by atoms with E-state index in [1.165, 1.54) is 12.0 Å². The van der Waals surface area contributed by atoms with Crippen molar-refractivity contribution in [2.75, 3.05) is 20.7 Å². The third-order valence-corrected chi connectivity index (χ3v) is 2.93. The van der Waals surface area contributed by atoms with Gasteiger partial charge in [-0.3, -0.25) is 9.59 Å². The highest BCUT2D eigenvalue weighted by Crippen LogP contribution is 2.17. The molecule has 0 spiro atoms. The molecule has 1 unspecified atom stereocenters. The van der Waals surface area contributed by atoms with Crippen LogP contribution in [0, 0.1) is 5.92 Å². The average Bonchev–Trinajstić information content (AvgIpc) is 2.37. The highest BCUT2D eigenvalue weighted by molar-refractivity contribution is 6.33. The van der Waals surface area contributed by atoms with E-state index in [2.05, 4.69) is 4.74 Å². The van der Waals surface area contributed by atoms with Gasteiger partial charge in [0.2, 0.25) is 0 Å². The van der Waals surface area contributed by atoms with Crippen molar-refractivity contribution in [3.8, 4) is 0 Å². The van der Waals surface area contributed by atoms with E-state index in [1.54, 1.807) is 38.2 Å². The maximum Gasteiger partial charge on any atom is 0.310 e. The molecule has 0 fully saturated rings. The summed E-state index contributed by atoms with van der Waals surface area (Å²) < 4.78 is 4.62. The summed E-state index contributed by atoms with van der Waals surface area (Å²) >= 11 is 5.95. The van der Waals surface area contributed by atoms with E-state index in [1.807, 2.05) is 0 Å². The van der Waals surface area contributed by atoms with E-state index in [-0.39, 0.29) is 24.3 Å². The quantitative estimate of drug-likeness (QED) is 0.788. The molecule has 0 saturated heterocycles. The first-order valence-electron chi connectivity index (χ1n) is 5.55. The van der Waals surface area contributed by atoms with Crippen LogP contribution in [-0.2, 0) is 9.53 Å². The molecule has 1 amide bonds. The number of hydrogen-bond donors (Lipinski definition) is 0. The number of halogens is 1. The number of carbonyl (C=O) groups excluding carboxylic acids is 2. The van der Waals surface area contributed by atoms with Gasteiger partial charge < -0.3 is 9.64 Å². The summed E-state index contributed by atoms with van der Waals surface area (Å²) in [6.45, 7) is 2.00. The number of methoxy groups -OCH3 is 1. The number of nitrogens with zero attached hydrogens (tertiary/aromatic N) is 1. The van der Waals surface area contributed by atoms with Gasteiger partial charge in [-0.2, -0.15) is 0 Å². The minimum Gasteiger partial charge on any atom is -0.469 e. The largest absolute Gasteiger partial charge is 0.469 e. The van der Waals surface area contributed by atoms with Gasteiger partial charge >= 0.3 is 5.97 Å². The van der Waals surface area contributed by atoms with Gasteiger partial charge in [-0.15, -0.1) is 0 Å². The molecule has 0 aliphatic rings. The van der Waals surface area contributed by atoms with Crippen molar-refractivity contribution < 1.29 is 14.3 Å². The standard InChI is InChI=1S/C13H16ClNO3/c1-9(13(17)18-3)8-15(2)12(16)10-6-4-5-7-11(10)14/h4-7,9H,8H2,1-3H3. The molecule has 0 bridgehead atoms. The lowest BCUT2D eigenvalue weighted by molar-refractivity contribution is -0.145. The SMILES string of the molecule is COC(=O)C(C)CN(C)C(=O)c1ccccc1Cl. The van der Waals surface area contributed by atoms with Crippen LogP contribution in [0.1, 0.15) is 17.3 Å². The Kier molecular flexibility index (Phi) is 5.16. The van der Waals surface area contributed by atoms with Gasteiger partial charge in [0.15, 0.2) is 0 Å². The molecule has 0 radical (unpaired) electrons. The molecule has 5 heteroatoms. The van der Waals surface area contributed by atoms with Crippen molar-refractivity contribution in [2.45, 2.75) is 6.92 Å². The molecule has 1 rings (SSSR count). The number of rotatable bonds is 4. The van der Waals surface area contributed by atoms with Crippen molar-refractivity contribution in [2.24, 2.45) is 5.92 Å². The van der Waals surface area contributed by atoms with Crippen LogP contribution in [0.15, 0.2) is 24.3 Å². The second kappa shape index (κ2) is 6.40. The maximum absolute atomic E-state index is 12.1. The van der Waals surface area contributed by atoms with Crippen molar-refractivity contribution in [3.63, 3.8) is 0 Å². The second-order valence-corrected chi connectivity index (χ2v) is 4.50. The molecule has 0 heterocycles. The van der Waals surface area contributed by atoms with Gasteiger partial charge in [-0.05, 0) is 12.1 Å². The van der Waals surface area contributed by atoms with E-state index in [0.717, 1.165) is 0 Å². The summed E-state index contributed by atoms with van der Waals surface area (Å²) in [6, 6.07) is 6.82. The average molecular weight is 270 g/mol. The monoisotopic (exact) mass is 269 g/mol. The minimum absolute atomic E-state index is 0.212. The molecule has 1 aromatic carbocycles. The highest BCUT2D eigenvalue weighted by atomic mass is 35.5. The fraction of sp³-hybridized carbons (Fsp3) is 0.385. The van der Waals surface area contributed by atoms with Crippen molar-refractivity contribution in [1.82, 2.24) is 4.90 Å². The van der Waals surface area contributed by atoms with Gasteiger partial charge in [0.05, 0.1) is 23.6 Å². The van der Waals surface area contributed by atoms with Gasteiger partial charge in [0, 0.05) is 13.6 Å². The molecular weight excluding hydrogens is 254 g/mol. The Bertz CT molecular complexity index is 448. The van der Waals surface area contributed by atoms with E-state index in [9.17, 15) is 9.59 Å². The normalized spacial score (nSPS) is 11.8. The third kappa shape index (κ3) is 3.47. The Morgan fingerprint density at radius 3 is 2.56 bits per heavy atom. The van der Waals surface area contributed by atoms with Crippen molar-refractivity contribution in [1.29, 1.82) is 0 Å². The molecule has 1 aromatic rings. The summed E-state index contributed by atoms with van der Waals surface area (Å²) in [5, 5.41) is 0.403. The van der Waals surface area contributed by atoms with E-state index < -0.39 is 0 Å². The minimum atomic E-state index is -0.369. The molecule has 0 aliphatic carbocycles. The number of benzene rings is 1. The van der Waals surface area contributed by atoms with Gasteiger partial charge in [0.1, 0.15) is 0 Å². The number of hydrogen-bond acceptors (Lipinski definition) is 3. The topological polar surface area (TPSA) is 46.6 Å². The zero-order valence-corrected chi connectivity index (χ0v) is 11.4. The predicted octanol–water partition coefficient (Wildman–Crippen LogP) is 2.22. The van der Waals surface area contributed by atoms with Gasteiger partial charge in [-0.25, -0.2) is 0 Å². The molecular formula is C13H16ClNO3. The molecule has 98 valence electrons. The maximum atomic E-state index is 12.1. The summed E-state index contributed by atoms with van der Waals surface area (Å²) in [5.74, 6) is -0.920. The first-order valence-corrected chi connectivity index (χ1v) is 5.93. The Morgan fingerprint density at radius 1 is 1.39 bits per heavy atom. The van der Waals surface area contributed by atoms with Crippen LogP contribution in [0.3, 0.4) is 0 Å². The van der Waals surface area contributed by atoms with Crippen molar-refractivity contribution >= 4 is 23.5 Å². The summed E-state index contributed by atoms with van der Waals surface area (Å²) in [4.78, 5) is 24.8. The summed E-state index contributed by atoms with van der Waals surface area (Å²) in [6.07, 6.45) is 0. The second-order valence-electron chi connectivity index (χ2n) is 4.09. The Hall–Kier alpha value is -1.55. The van der Waals surface area contributed by atoms with E-state index in [4.69, 9.17) is 11.6 Å². The highest BCUT2D eigenvalue weighted by Gasteiger charge is 2.20. The Labute approximate surface area is 111 Å². The lowest BCUT2D eigenvalue weighted by atomic mass is 10.1. The van der Waals surface area contributed by atoms with Crippen LogP contribution < -0.4 is 0 Å². The summed E-state index contributed by atoms with van der Waals surface area (Å²) in [5.41, 5.74) is 0.429. The Morgan fingerprint density at radius 2 is 2.00 bits per heavy atom. The molecule has 0 saturated carbocycles. The number of esters is 1. The third-order valence-electron chi connectivity index (χ3n) is 2.60. The van der Waals surface area contributed by atoms with Crippen LogP contribution in [0.4, 0.5) is 0 Å². The van der Waals surface area contributed by atoms with Gasteiger partial charge in [-0.1, -0.05) is 30.7 Å². The van der Waals surface area contributed by atoms with Crippen LogP contribution in [0.2, 0.25) is 5.02 Å². The number of carbonyl (C=O) groups is 2. The van der Waals surface area contributed by atoms with Crippen LogP contribution >= 0.6 is 11.6 Å². The lowest BCUT2D eigenvalue weighted by Crippen LogP contribution is -2.34. The summed E-state index contributed by atoms with van der Waals surface area (Å²) in [7, 11) is 2.96. The predicted molar refractivity (Wildman–Crippen MR) is 69.6 cm³/mol. The van der Waals surface area contributed by atoms with E-state index in [0.29, 0.717) is 10.6 Å². The molecule has 1 atom stereocenters. The molecule has 0 aliphatic heterocycles. The van der Waals surface area contributed by atoms with Crippen LogP contribution in [0.5, 0.6) is 0 Å². The first-order chi connectivity index (χ1) is 8.47. The van der Waals surface area contributed by atoms with Gasteiger partial charge in [0.25, 0.3) is 5.91 Å². The fourth-order valence-electron chi connectivity index (χ4n) is 1.61. The lowest BCUT2D eigenvalue weighted by Gasteiger charge is -2.20. The molecule has 0 N–H and O–H groups in total. The van der Waals surface area contributed by atoms with Crippen LogP contribution in [-0.4, -0.2) is 37.5 Å². The fourth-order valence-corrected chi connectivity index (χ4v) is 1.83. The number of ether oxygens (including phenoxy) is 1. The van der Waals surface area contributed by atoms with E-state index >= 15 is 0 Å². The zero-order valence-electron chi connectivity index (χ0n) is 10.6. The first kappa shape index (κ1) is 14.5.